The van der Waals surface area contributed by atoms with Gasteiger partial charge in [-0.1, -0.05) is 38.1 Å². The predicted octanol–water partition coefficient (Wildman–Crippen LogP) is 5.84. The summed E-state index contributed by atoms with van der Waals surface area (Å²) < 4.78 is 26.8. The van der Waals surface area contributed by atoms with Crippen LogP contribution in [-0.2, 0) is 0 Å². The zero-order valence-corrected chi connectivity index (χ0v) is 19.3. The van der Waals surface area contributed by atoms with Crippen LogP contribution in [0, 0.1) is 17.6 Å². The Hall–Kier alpha value is -1.43. The molecular formula is C25H34F2N2S. The number of halogens is 2. The third-order valence-electron chi connectivity index (χ3n) is 5.79. The molecule has 0 saturated carbocycles. The molecule has 1 aliphatic heterocycles. The molecule has 1 saturated heterocycles. The molecule has 5 heteroatoms. The van der Waals surface area contributed by atoms with Crippen molar-refractivity contribution in [1.29, 1.82) is 0 Å². The SMILES string of the molecule is CC(C)CN1[C@H](C)CN(CCSC(c2ccc(F)cc2)c2ccc(F)cc2)C[C@@H]1C. The van der Waals surface area contributed by atoms with Gasteiger partial charge in [-0.05, 0) is 55.2 Å². The maximum absolute atomic E-state index is 13.4. The third kappa shape index (κ3) is 6.29. The van der Waals surface area contributed by atoms with Gasteiger partial charge in [0.2, 0.25) is 0 Å². The summed E-state index contributed by atoms with van der Waals surface area (Å²) in [6, 6.07) is 14.5. The molecule has 0 spiro atoms. The first-order valence-corrected chi connectivity index (χ1v) is 12.0. The lowest BCUT2D eigenvalue weighted by Gasteiger charge is -2.45. The van der Waals surface area contributed by atoms with Crippen molar-refractivity contribution in [1.82, 2.24) is 9.80 Å². The predicted molar refractivity (Wildman–Crippen MR) is 124 cm³/mol. The molecule has 0 N–H and O–H groups in total. The zero-order valence-electron chi connectivity index (χ0n) is 18.5. The van der Waals surface area contributed by atoms with E-state index in [-0.39, 0.29) is 16.9 Å². The number of benzene rings is 2. The number of hydrogen-bond acceptors (Lipinski definition) is 3. The Balaban J connectivity index is 1.62. The van der Waals surface area contributed by atoms with Crippen LogP contribution in [0.2, 0.25) is 0 Å². The lowest BCUT2D eigenvalue weighted by Crippen LogP contribution is -2.57. The number of rotatable bonds is 8. The second-order valence-electron chi connectivity index (χ2n) is 8.90. The van der Waals surface area contributed by atoms with Crippen LogP contribution >= 0.6 is 11.8 Å². The van der Waals surface area contributed by atoms with Gasteiger partial charge in [-0.15, -0.1) is 11.8 Å². The Morgan fingerprint density at radius 2 is 1.33 bits per heavy atom. The fourth-order valence-electron chi connectivity index (χ4n) is 4.39. The van der Waals surface area contributed by atoms with Crippen molar-refractivity contribution in [2.45, 2.75) is 45.0 Å². The normalized spacial score (nSPS) is 20.9. The summed E-state index contributed by atoms with van der Waals surface area (Å²) in [5.74, 6) is 1.19. The molecule has 2 atom stereocenters. The standard InChI is InChI=1S/C25H34F2N2S/c1-18(2)15-29-19(3)16-28(17-20(29)4)13-14-30-25(21-5-9-23(26)10-6-21)22-7-11-24(27)12-8-22/h5-12,18-20,25H,13-17H2,1-4H3/t19-,20+. The van der Waals surface area contributed by atoms with Crippen LogP contribution < -0.4 is 0 Å². The van der Waals surface area contributed by atoms with E-state index in [1.54, 1.807) is 0 Å². The highest BCUT2D eigenvalue weighted by Crippen LogP contribution is 2.36. The van der Waals surface area contributed by atoms with Crippen LogP contribution in [-0.4, -0.2) is 53.8 Å². The Morgan fingerprint density at radius 3 is 1.77 bits per heavy atom. The van der Waals surface area contributed by atoms with Gasteiger partial charge in [0.25, 0.3) is 0 Å². The van der Waals surface area contributed by atoms with Crippen LogP contribution in [0.3, 0.4) is 0 Å². The fraction of sp³-hybridized carbons (Fsp3) is 0.520. The van der Waals surface area contributed by atoms with Gasteiger partial charge in [-0.3, -0.25) is 9.80 Å². The summed E-state index contributed by atoms with van der Waals surface area (Å²) in [5.41, 5.74) is 2.10. The number of piperazine rings is 1. The van der Waals surface area contributed by atoms with Crippen molar-refractivity contribution in [3.63, 3.8) is 0 Å². The molecule has 0 radical (unpaired) electrons. The molecule has 0 bridgehead atoms. The minimum absolute atomic E-state index is 0.0725. The van der Waals surface area contributed by atoms with E-state index in [0.717, 1.165) is 43.1 Å². The van der Waals surface area contributed by atoms with E-state index in [1.807, 2.05) is 36.0 Å². The van der Waals surface area contributed by atoms with Crippen LogP contribution in [0.4, 0.5) is 8.78 Å². The highest BCUT2D eigenvalue weighted by atomic mass is 32.2. The van der Waals surface area contributed by atoms with E-state index in [4.69, 9.17) is 0 Å². The van der Waals surface area contributed by atoms with Gasteiger partial charge in [0.1, 0.15) is 11.6 Å². The lowest BCUT2D eigenvalue weighted by molar-refractivity contribution is 0.0339. The van der Waals surface area contributed by atoms with Gasteiger partial charge in [0.05, 0.1) is 5.25 Å². The molecule has 164 valence electrons. The Bertz CT molecular complexity index is 721. The van der Waals surface area contributed by atoms with Gasteiger partial charge >= 0.3 is 0 Å². The van der Waals surface area contributed by atoms with Crippen molar-refractivity contribution in [3.05, 3.63) is 71.3 Å². The Kier molecular flexibility index (Phi) is 8.32. The molecule has 30 heavy (non-hydrogen) atoms. The van der Waals surface area contributed by atoms with E-state index in [1.165, 1.54) is 24.3 Å². The molecule has 3 rings (SSSR count). The van der Waals surface area contributed by atoms with Gasteiger partial charge in [-0.25, -0.2) is 8.78 Å². The van der Waals surface area contributed by atoms with Crippen molar-refractivity contribution in [3.8, 4) is 0 Å². The summed E-state index contributed by atoms with van der Waals surface area (Å²) in [7, 11) is 0. The summed E-state index contributed by atoms with van der Waals surface area (Å²) in [5, 5.41) is 0.0725. The molecule has 1 heterocycles. The number of hydrogen-bond donors (Lipinski definition) is 0. The maximum Gasteiger partial charge on any atom is 0.123 e. The van der Waals surface area contributed by atoms with Gasteiger partial charge in [0.15, 0.2) is 0 Å². The van der Waals surface area contributed by atoms with E-state index in [0.29, 0.717) is 18.0 Å². The van der Waals surface area contributed by atoms with Crippen molar-refractivity contribution >= 4 is 11.8 Å². The van der Waals surface area contributed by atoms with Crippen molar-refractivity contribution in [2.75, 3.05) is 31.9 Å². The molecule has 0 aliphatic carbocycles. The van der Waals surface area contributed by atoms with E-state index in [9.17, 15) is 8.78 Å². The molecule has 1 fully saturated rings. The molecular weight excluding hydrogens is 398 g/mol. The quantitative estimate of drug-likeness (QED) is 0.518. The maximum atomic E-state index is 13.4. The van der Waals surface area contributed by atoms with Crippen LogP contribution in [0.5, 0.6) is 0 Å². The van der Waals surface area contributed by atoms with Crippen LogP contribution in [0.25, 0.3) is 0 Å². The first kappa shape index (κ1) is 23.2. The molecule has 2 nitrogen and oxygen atoms in total. The minimum Gasteiger partial charge on any atom is -0.299 e. The second-order valence-corrected chi connectivity index (χ2v) is 10.1. The monoisotopic (exact) mass is 432 g/mol. The largest absolute Gasteiger partial charge is 0.299 e. The Labute approximate surface area is 184 Å². The average molecular weight is 433 g/mol. The summed E-state index contributed by atoms with van der Waals surface area (Å²) in [4.78, 5) is 5.19. The molecule has 1 aliphatic rings. The van der Waals surface area contributed by atoms with E-state index in [2.05, 4.69) is 37.5 Å². The first-order valence-electron chi connectivity index (χ1n) is 10.9. The molecule has 2 aromatic rings. The van der Waals surface area contributed by atoms with Crippen LogP contribution in [0.1, 0.15) is 44.1 Å². The number of thioether (sulfide) groups is 1. The van der Waals surface area contributed by atoms with Gasteiger partial charge < -0.3 is 0 Å². The lowest BCUT2D eigenvalue weighted by atomic mass is 10.0. The average Bonchev–Trinajstić information content (AvgIpc) is 2.70. The molecule has 0 amide bonds. The first-order chi connectivity index (χ1) is 14.3. The zero-order chi connectivity index (χ0) is 21.7. The fourth-order valence-corrected chi connectivity index (χ4v) is 5.69. The summed E-state index contributed by atoms with van der Waals surface area (Å²) in [6.07, 6.45) is 0. The Morgan fingerprint density at radius 1 is 0.867 bits per heavy atom. The van der Waals surface area contributed by atoms with E-state index < -0.39 is 0 Å². The van der Waals surface area contributed by atoms with Crippen LogP contribution in [0.15, 0.2) is 48.5 Å². The molecule has 2 aromatic carbocycles. The van der Waals surface area contributed by atoms with Crippen molar-refractivity contribution in [2.24, 2.45) is 5.92 Å². The topological polar surface area (TPSA) is 6.48 Å². The highest BCUT2D eigenvalue weighted by Gasteiger charge is 2.29. The molecule has 0 unspecified atom stereocenters. The van der Waals surface area contributed by atoms with E-state index >= 15 is 0 Å². The minimum atomic E-state index is -0.233. The molecule has 0 aromatic heterocycles. The summed E-state index contributed by atoms with van der Waals surface area (Å²) >= 11 is 1.85. The van der Waals surface area contributed by atoms with Gasteiger partial charge in [0, 0.05) is 44.0 Å². The summed E-state index contributed by atoms with van der Waals surface area (Å²) in [6.45, 7) is 13.6. The number of nitrogens with zero attached hydrogens (tertiary/aromatic N) is 2. The second kappa shape index (κ2) is 10.7. The van der Waals surface area contributed by atoms with Gasteiger partial charge in [-0.2, -0.15) is 0 Å². The smallest absolute Gasteiger partial charge is 0.123 e. The third-order valence-corrected chi connectivity index (χ3v) is 7.09. The van der Waals surface area contributed by atoms with Crippen molar-refractivity contribution < 1.29 is 8.78 Å². The highest BCUT2D eigenvalue weighted by molar-refractivity contribution is 7.99.